The van der Waals surface area contributed by atoms with Gasteiger partial charge in [0.05, 0.1) is 25.5 Å². The SMILES string of the molecule is COc1ccc(-c2csc(/C(C#N)=C\c3ccccc3F)n2)cc1OC. The van der Waals surface area contributed by atoms with Gasteiger partial charge in [-0.05, 0) is 30.3 Å². The lowest BCUT2D eigenvalue weighted by atomic mass is 10.1. The lowest BCUT2D eigenvalue weighted by Crippen LogP contribution is -1.91. The van der Waals surface area contributed by atoms with Crippen molar-refractivity contribution < 1.29 is 13.9 Å². The Labute approximate surface area is 154 Å². The van der Waals surface area contributed by atoms with E-state index in [1.54, 1.807) is 38.5 Å². The Morgan fingerprint density at radius 1 is 1.15 bits per heavy atom. The molecular weight excluding hydrogens is 351 g/mol. The van der Waals surface area contributed by atoms with E-state index in [4.69, 9.17) is 9.47 Å². The summed E-state index contributed by atoms with van der Waals surface area (Å²) in [5, 5.41) is 11.8. The Balaban J connectivity index is 1.97. The number of aromatic nitrogens is 1. The second-order valence-corrected chi connectivity index (χ2v) is 6.16. The third kappa shape index (κ3) is 3.58. The van der Waals surface area contributed by atoms with Crippen LogP contribution in [0.2, 0.25) is 0 Å². The maximum Gasteiger partial charge on any atom is 0.161 e. The highest BCUT2D eigenvalue weighted by Crippen LogP contribution is 2.34. The molecule has 3 rings (SSSR count). The summed E-state index contributed by atoms with van der Waals surface area (Å²) < 4.78 is 24.4. The fourth-order valence-corrected chi connectivity index (χ4v) is 3.21. The van der Waals surface area contributed by atoms with Crippen molar-refractivity contribution in [1.82, 2.24) is 4.98 Å². The molecule has 0 N–H and O–H groups in total. The quantitative estimate of drug-likeness (QED) is 0.594. The fourth-order valence-electron chi connectivity index (χ4n) is 2.42. The van der Waals surface area contributed by atoms with Gasteiger partial charge in [0.25, 0.3) is 0 Å². The standard InChI is InChI=1S/C20H15FN2O2S/c1-24-18-8-7-14(10-19(18)25-2)17-12-26-20(23-17)15(11-22)9-13-5-3-4-6-16(13)21/h3-10,12H,1-2H3/b15-9-. The van der Waals surface area contributed by atoms with Crippen LogP contribution in [0.15, 0.2) is 47.8 Å². The van der Waals surface area contributed by atoms with Gasteiger partial charge in [-0.1, -0.05) is 18.2 Å². The molecule has 1 heterocycles. The smallest absolute Gasteiger partial charge is 0.161 e. The van der Waals surface area contributed by atoms with Gasteiger partial charge in [-0.15, -0.1) is 11.3 Å². The highest BCUT2D eigenvalue weighted by molar-refractivity contribution is 7.11. The molecule has 1 aromatic heterocycles. The summed E-state index contributed by atoms with van der Waals surface area (Å²) in [4.78, 5) is 4.52. The molecule has 0 bridgehead atoms. The zero-order valence-electron chi connectivity index (χ0n) is 14.2. The van der Waals surface area contributed by atoms with Crippen LogP contribution in [0, 0.1) is 17.1 Å². The number of rotatable bonds is 5. The molecule has 6 heteroatoms. The number of hydrogen-bond acceptors (Lipinski definition) is 5. The number of nitrogens with zero attached hydrogens (tertiary/aromatic N) is 2. The fraction of sp³-hybridized carbons (Fsp3) is 0.100. The Morgan fingerprint density at radius 2 is 1.92 bits per heavy atom. The van der Waals surface area contributed by atoms with Crippen LogP contribution in [0.4, 0.5) is 4.39 Å². The number of methoxy groups -OCH3 is 2. The Kier molecular flexibility index (Phi) is 5.30. The third-order valence-corrected chi connectivity index (χ3v) is 4.61. The summed E-state index contributed by atoms with van der Waals surface area (Å²) in [6, 6.07) is 13.9. The number of ether oxygens (including phenoxy) is 2. The molecule has 0 aliphatic rings. The normalized spacial score (nSPS) is 11.1. The molecule has 0 fully saturated rings. The monoisotopic (exact) mass is 366 g/mol. The lowest BCUT2D eigenvalue weighted by Gasteiger charge is -2.08. The topological polar surface area (TPSA) is 55.1 Å². The van der Waals surface area contributed by atoms with Crippen LogP contribution in [-0.2, 0) is 0 Å². The van der Waals surface area contributed by atoms with Crippen LogP contribution in [-0.4, -0.2) is 19.2 Å². The molecule has 4 nitrogen and oxygen atoms in total. The first kappa shape index (κ1) is 17.6. The molecule has 2 aromatic carbocycles. The highest BCUT2D eigenvalue weighted by Gasteiger charge is 2.12. The van der Waals surface area contributed by atoms with Crippen LogP contribution in [0.1, 0.15) is 10.6 Å². The summed E-state index contributed by atoms with van der Waals surface area (Å²) in [7, 11) is 3.14. The minimum absolute atomic E-state index is 0.312. The molecule has 0 spiro atoms. The van der Waals surface area contributed by atoms with Gasteiger partial charge in [0.2, 0.25) is 0 Å². The largest absolute Gasteiger partial charge is 0.493 e. The average molecular weight is 366 g/mol. The number of benzene rings is 2. The predicted molar refractivity (Wildman–Crippen MR) is 101 cm³/mol. The van der Waals surface area contributed by atoms with Crippen LogP contribution < -0.4 is 9.47 Å². The second kappa shape index (κ2) is 7.81. The van der Waals surface area contributed by atoms with E-state index in [1.165, 1.54) is 23.5 Å². The summed E-state index contributed by atoms with van der Waals surface area (Å²) >= 11 is 1.33. The number of hydrogen-bond donors (Lipinski definition) is 0. The minimum atomic E-state index is -0.378. The molecule has 0 atom stereocenters. The molecule has 26 heavy (non-hydrogen) atoms. The van der Waals surface area contributed by atoms with Crippen molar-refractivity contribution in [1.29, 1.82) is 5.26 Å². The van der Waals surface area contributed by atoms with Gasteiger partial charge < -0.3 is 9.47 Å². The van der Waals surface area contributed by atoms with E-state index in [0.717, 1.165) is 5.56 Å². The van der Waals surface area contributed by atoms with Gasteiger partial charge in [0, 0.05) is 16.5 Å². The van der Waals surface area contributed by atoms with Crippen LogP contribution in [0.5, 0.6) is 11.5 Å². The molecule has 0 radical (unpaired) electrons. The molecule has 0 amide bonds. The summed E-state index contributed by atoms with van der Waals surface area (Å²) in [6.45, 7) is 0. The van der Waals surface area contributed by atoms with E-state index in [2.05, 4.69) is 11.1 Å². The van der Waals surface area contributed by atoms with Crippen molar-refractivity contribution in [3.8, 4) is 28.8 Å². The molecule has 130 valence electrons. The van der Waals surface area contributed by atoms with Crippen LogP contribution >= 0.6 is 11.3 Å². The lowest BCUT2D eigenvalue weighted by molar-refractivity contribution is 0.355. The first-order chi connectivity index (χ1) is 12.7. The molecular formula is C20H15FN2O2S. The van der Waals surface area contributed by atoms with Gasteiger partial charge in [-0.3, -0.25) is 0 Å². The van der Waals surface area contributed by atoms with Crippen LogP contribution in [0.25, 0.3) is 22.9 Å². The summed E-state index contributed by atoms with van der Waals surface area (Å²) in [5.74, 6) is 0.850. The summed E-state index contributed by atoms with van der Waals surface area (Å²) in [6.07, 6.45) is 1.51. The molecule has 0 saturated heterocycles. The van der Waals surface area contributed by atoms with Crippen molar-refractivity contribution in [2.24, 2.45) is 0 Å². The highest BCUT2D eigenvalue weighted by atomic mass is 32.1. The third-order valence-electron chi connectivity index (χ3n) is 3.74. The average Bonchev–Trinajstić information content (AvgIpc) is 3.16. The number of allylic oxidation sites excluding steroid dienone is 1. The van der Waals surface area contributed by atoms with Gasteiger partial charge in [0.15, 0.2) is 11.5 Å². The van der Waals surface area contributed by atoms with Crippen molar-refractivity contribution in [3.05, 3.63) is 64.2 Å². The van der Waals surface area contributed by atoms with Crippen molar-refractivity contribution >= 4 is 23.0 Å². The maximum absolute atomic E-state index is 13.8. The zero-order valence-corrected chi connectivity index (χ0v) is 15.0. The number of nitriles is 1. The maximum atomic E-state index is 13.8. The minimum Gasteiger partial charge on any atom is -0.493 e. The van der Waals surface area contributed by atoms with Gasteiger partial charge in [-0.2, -0.15) is 5.26 Å². The number of halogens is 1. The second-order valence-electron chi connectivity index (χ2n) is 5.30. The van der Waals surface area contributed by atoms with E-state index >= 15 is 0 Å². The molecule has 0 aliphatic heterocycles. The van der Waals surface area contributed by atoms with Gasteiger partial charge in [0.1, 0.15) is 16.9 Å². The van der Waals surface area contributed by atoms with E-state index in [-0.39, 0.29) is 5.82 Å². The zero-order chi connectivity index (χ0) is 18.5. The Bertz CT molecular complexity index is 1010. The van der Waals surface area contributed by atoms with E-state index in [1.807, 2.05) is 17.5 Å². The first-order valence-electron chi connectivity index (χ1n) is 7.71. The molecule has 0 aliphatic carbocycles. The van der Waals surface area contributed by atoms with Crippen LogP contribution in [0.3, 0.4) is 0 Å². The van der Waals surface area contributed by atoms with Crippen molar-refractivity contribution in [2.45, 2.75) is 0 Å². The van der Waals surface area contributed by atoms with Crippen molar-refractivity contribution in [2.75, 3.05) is 14.2 Å². The Morgan fingerprint density at radius 3 is 2.62 bits per heavy atom. The summed E-state index contributed by atoms with van der Waals surface area (Å²) in [5.41, 5.74) is 2.22. The first-order valence-corrected chi connectivity index (χ1v) is 8.59. The van der Waals surface area contributed by atoms with Crippen molar-refractivity contribution in [3.63, 3.8) is 0 Å². The van der Waals surface area contributed by atoms with E-state index < -0.39 is 0 Å². The van der Waals surface area contributed by atoms with E-state index in [9.17, 15) is 9.65 Å². The number of thiazole rings is 1. The molecule has 0 saturated carbocycles. The Hall–Kier alpha value is -3.17. The van der Waals surface area contributed by atoms with E-state index in [0.29, 0.717) is 33.3 Å². The van der Waals surface area contributed by atoms with Gasteiger partial charge in [-0.25, -0.2) is 9.37 Å². The predicted octanol–water partition coefficient (Wildman–Crippen LogP) is 5.03. The van der Waals surface area contributed by atoms with Gasteiger partial charge >= 0.3 is 0 Å². The molecule has 0 unspecified atom stereocenters. The molecule has 3 aromatic rings.